The molecule has 21 heavy (non-hydrogen) atoms. The van der Waals surface area contributed by atoms with Gasteiger partial charge in [-0.1, -0.05) is 30.3 Å². The summed E-state index contributed by atoms with van der Waals surface area (Å²) >= 11 is 1.52. The largest absolute Gasteiger partial charge is 0.388 e. The van der Waals surface area contributed by atoms with Crippen molar-refractivity contribution in [2.75, 3.05) is 0 Å². The molecule has 0 bridgehead atoms. The molecule has 0 radical (unpaired) electrons. The fourth-order valence-corrected chi connectivity index (χ4v) is 2.99. The molecule has 8 heteroatoms. The van der Waals surface area contributed by atoms with Crippen molar-refractivity contribution in [3.8, 4) is 0 Å². The summed E-state index contributed by atoms with van der Waals surface area (Å²) in [6.07, 6.45) is 5.30. The van der Waals surface area contributed by atoms with Gasteiger partial charge in [-0.15, -0.1) is 10.2 Å². The van der Waals surface area contributed by atoms with Gasteiger partial charge in [0.05, 0.1) is 5.75 Å². The van der Waals surface area contributed by atoms with E-state index in [-0.39, 0.29) is 6.61 Å². The summed E-state index contributed by atoms with van der Waals surface area (Å²) < 4.78 is 7.27. The molecule has 0 saturated heterocycles. The Balaban J connectivity index is 1.62. The van der Waals surface area contributed by atoms with Crippen LogP contribution in [0, 0.1) is 0 Å². The zero-order valence-corrected chi connectivity index (χ0v) is 12.8. The highest BCUT2D eigenvalue weighted by atomic mass is 32.2. The Morgan fingerprint density at radius 2 is 2.24 bits per heavy atom. The third-order valence-corrected chi connectivity index (χ3v) is 4.31. The summed E-state index contributed by atoms with van der Waals surface area (Å²) in [5.41, 5.74) is 0. The quantitative estimate of drug-likeness (QED) is 0.747. The van der Waals surface area contributed by atoms with Gasteiger partial charge in [0.2, 0.25) is 5.89 Å². The Bertz CT molecular complexity index is 593. The zero-order chi connectivity index (χ0) is 14.7. The minimum absolute atomic E-state index is 0.0776. The fourth-order valence-electron chi connectivity index (χ4n) is 2.12. The standard InChI is InChI=1S/C13H19N5O2S/c1-2-3-4-10-14-12(20-17-10)8-21-13-16-15-11(7-19)18(13)9-5-6-9/h9,19H,2-8H2,1H3. The van der Waals surface area contributed by atoms with E-state index in [4.69, 9.17) is 4.52 Å². The van der Waals surface area contributed by atoms with E-state index in [0.29, 0.717) is 23.5 Å². The van der Waals surface area contributed by atoms with Gasteiger partial charge in [-0.25, -0.2) is 0 Å². The van der Waals surface area contributed by atoms with Crippen LogP contribution in [0.5, 0.6) is 0 Å². The molecule has 1 saturated carbocycles. The molecular weight excluding hydrogens is 290 g/mol. The summed E-state index contributed by atoms with van der Waals surface area (Å²) in [5, 5.41) is 22.3. The van der Waals surface area contributed by atoms with Crippen molar-refractivity contribution in [2.45, 2.75) is 62.6 Å². The highest BCUT2D eigenvalue weighted by Crippen LogP contribution is 2.39. The first-order valence-electron chi connectivity index (χ1n) is 7.30. The van der Waals surface area contributed by atoms with Crippen LogP contribution in [0.3, 0.4) is 0 Å². The van der Waals surface area contributed by atoms with Crippen LogP contribution in [0.25, 0.3) is 0 Å². The molecule has 1 fully saturated rings. The van der Waals surface area contributed by atoms with Crippen molar-refractivity contribution in [2.24, 2.45) is 0 Å². The van der Waals surface area contributed by atoms with Crippen LogP contribution in [0.1, 0.15) is 56.2 Å². The van der Waals surface area contributed by atoms with Gasteiger partial charge in [0.15, 0.2) is 16.8 Å². The lowest BCUT2D eigenvalue weighted by Crippen LogP contribution is -2.02. The predicted molar refractivity (Wildman–Crippen MR) is 76.7 cm³/mol. The van der Waals surface area contributed by atoms with Crippen LogP contribution in [0.2, 0.25) is 0 Å². The maximum Gasteiger partial charge on any atom is 0.237 e. The summed E-state index contributed by atoms with van der Waals surface area (Å²) in [6, 6.07) is 0.437. The number of hydrogen-bond donors (Lipinski definition) is 1. The minimum Gasteiger partial charge on any atom is -0.388 e. The van der Waals surface area contributed by atoms with Crippen molar-refractivity contribution in [3.05, 3.63) is 17.5 Å². The van der Waals surface area contributed by atoms with Gasteiger partial charge >= 0.3 is 0 Å². The van der Waals surface area contributed by atoms with Crippen molar-refractivity contribution >= 4 is 11.8 Å². The molecule has 2 heterocycles. The summed E-state index contributed by atoms with van der Waals surface area (Å²) in [7, 11) is 0. The molecule has 0 aliphatic heterocycles. The summed E-state index contributed by atoms with van der Waals surface area (Å²) in [6.45, 7) is 2.06. The third-order valence-electron chi connectivity index (χ3n) is 3.38. The summed E-state index contributed by atoms with van der Waals surface area (Å²) in [5.74, 6) is 2.60. The minimum atomic E-state index is -0.0776. The fraction of sp³-hybridized carbons (Fsp3) is 0.692. The first kappa shape index (κ1) is 14.5. The van der Waals surface area contributed by atoms with Gasteiger partial charge in [-0.3, -0.25) is 0 Å². The maximum atomic E-state index is 9.31. The molecule has 7 nitrogen and oxygen atoms in total. The molecular formula is C13H19N5O2S. The summed E-state index contributed by atoms with van der Waals surface area (Å²) in [4.78, 5) is 4.37. The molecule has 0 aromatic carbocycles. The van der Waals surface area contributed by atoms with Crippen LogP contribution in [-0.4, -0.2) is 30.0 Å². The highest BCUT2D eigenvalue weighted by Gasteiger charge is 2.29. The van der Waals surface area contributed by atoms with Gasteiger partial charge < -0.3 is 14.2 Å². The number of rotatable bonds is 8. The SMILES string of the molecule is CCCCc1noc(CSc2nnc(CO)n2C2CC2)n1. The molecule has 1 aliphatic carbocycles. The number of aliphatic hydroxyl groups excluding tert-OH is 1. The monoisotopic (exact) mass is 309 g/mol. The van der Waals surface area contributed by atoms with E-state index in [1.807, 2.05) is 4.57 Å². The van der Waals surface area contributed by atoms with E-state index in [9.17, 15) is 5.11 Å². The second kappa shape index (κ2) is 6.57. The molecule has 1 N–H and O–H groups in total. The van der Waals surface area contributed by atoms with Crippen molar-refractivity contribution < 1.29 is 9.63 Å². The van der Waals surface area contributed by atoms with E-state index in [1.54, 1.807) is 0 Å². The zero-order valence-electron chi connectivity index (χ0n) is 12.0. The normalized spacial score (nSPS) is 14.8. The second-order valence-corrected chi connectivity index (χ2v) is 6.10. The van der Waals surface area contributed by atoms with Crippen LogP contribution in [0.4, 0.5) is 0 Å². The average Bonchev–Trinajstić information content (AvgIpc) is 3.10. The predicted octanol–water partition coefficient (Wildman–Crippen LogP) is 2.12. The van der Waals surface area contributed by atoms with Crippen LogP contribution < -0.4 is 0 Å². The van der Waals surface area contributed by atoms with E-state index >= 15 is 0 Å². The second-order valence-electron chi connectivity index (χ2n) is 5.15. The number of thioether (sulfide) groups is 1. The van der Waals surface area contributed by atoms with Gasteiger partial charge in [-0.2, -0.15) is 4.98 Å². The number of nitrogens with zero attached hydrogens (tertiary/aromatic N) is 5. The Morgan fingerprint density at radius 3 is 2.95 bits per heavy atom. The molecule has 0 unspecified atom stereocenters. The molecule has 114 valence electrons. The molecule has 0 atom stereocenters. The first-order valence-corrected chi connectivity index (χ1v) is 8.29. The van der Waals surface area contributed by atoms with Gasteiger partial charge in [0.25, 0.3) is 0 Å². The van der Waals surface area contributed by atoms with E-state index in [2.05, 4.69) is 27.3 Å². The van der Waals surface area contributed by atoms with Crippen LogP contribution >= 0.6 is 11.8 Å². The van der Waals surface area contributed by atoms with Gasteiger partial charge in [0.1, 0.15) is 6.61 Å². The van der Waals surface area contributed by atoms with Crippen molar-refractivity contribution in [1.82, 2.24) is 24.9 Å². The Morgan fingerprint density at radius 1 is 1.38 bits per heavy atom. The molecule has 0 amide bonds. The van der Waals surface area contributed by atoms with Crippen LogP contribution in [-0.2, 0) is 18.8 Å². The smallest absolute Gasteiger partial charge is 0.237 e. The molecule has 0 spiro atoms. The molecule has 2 aromatic rings. The van der Waals surface area contributed by atoms with E-state index in [1.165, 1.54) is 11.8 Å². The van der Waals surface area contributed by atoms with E-state index in [0.717, 1.165) is 43.1 Å². The third kappa shape index (κ3) is 3.44. The number of hydrogen-bond acceptors (Lipinski definition) is 7. The molecule has 1 aliphatic rings. The lowest BCUT2D eigenvalue weighted by molar-refractivity contribution is 0.263. The topological polar surface area (TPSA) is 89.9 Å². The maximum absolute atomic E-state index is 9.31. The van der Waals surface area contributed by atoms with Gasteiger partial charge in [-0.05, 0) is 19.3 Å². The highest BCUT2D eigenvalue weighted by molar-refractivity contribution is 7.98. The Hall–Kier alpha value is -1.41. The van der Waals surface area contributed by atoms with Crippen molar-refractivity contribution in [1.29, 1.82) is 0 Å². The average molecular weight is 309 g/mol. The molecule has 3 rings (SSSR count). The lowest BCUT2D eigenvalue weighted by Gasteiger charge is -2.05. The van der Waals surface area contributed by atoms with Crippen LogP contribution in [0.15, 0.2) is 9.68 Å². The van der Waals surface area contributed by atoms with E-state index < -0.39 is 0 Å². The number of aliphatic hydroxyl groups is 1. The van der Waals surface area contributed by atoms with Crippen molar-refractivity contribution in [3.63, 3.8) is 0 Å². The number of aromatic nitrogens is 5. The number of aryl methyl sites for hydroxylation is 1. The Labute approximate surface area is 127 Å². The Kier molecular flexibility index (Phi) is 4.54. The lowest BCUT2D eigenvalue weighted by atomic mass is 10.2. The number of unbranched alkanes of at least 4 members (excludes halogenated alkanes) is 1. The first-order chi connectivity index (χ1) is 10.3. The van der Waals surface area contributed by atoms with Gasteiger partial charge in [0, 0.05) is 12.5 Å². The molecule has 2 aromatic heterocycles.